The molecule has 1 atom stereocenters. The van der Waals surface area contributed by atoms with Crippen LogP contribution in [0.1, 0.15) is 42.4 Å². The second-order valence-corrected chi connectivity index (χ2v) is 6.27. The number of aromatic nitrogens is 3. The third kappa shape index (κ3) is 3.61. The van der Waals surface area contributed by atoms with Crippen molar-refractivity contribution in [2.75, 3.05) is 12.3 Å². The van der Waals surface area contributed by atoms with Crippen molar-refractivity contribution in [3.63, 3.8) is 0 Å². The lowest BCUT2D eigenvalue weighted by atomic mass is 9.95. The number of amides is 1. The Morgan fingerprint density at radius 2 is 2.07 bits per heavy atom. The summed E-state index contributed by atoms with van der Waals surface area (Å²) < 4.78 is 0. The molecule has 0 aliphatic rings. The van der Waals surface area contributed by atoms with Crippen molar-refractivity contribution < 1.29 is 9.90 Å². The number of benzene rings is 1. The van der Waals surface area contributed by atoms with Gasteiger partial charge in [-0.2, -0.15) is 0 Å². The van der Waals surface area contributed by atoms with Crippen LogP contribution in [0.5, 0.6) is 0 Å². The topological polar surface area (TPSA) is 114 Å². The summed E-state index contributed by atoms with van der Waals surface area (Å²) in [5.41, 5.74) is 9.11. The maximum atomic E-state index is 12.3. The average Bonchev–Trinajstić information content (AvgIpc) is 2.65. The molecule has 136 valence electrons. The number of fused-ring (bicyclic) bond motifs is 1. The van der Waals surface area contributed by atoms with Crippen LogP contribution in [0.25, 0.3) is 22.2 Å². The summed E-state index contributed by atoms with van der Waals surface area (Å²) in [5, 5.41) is 21.7. The van der Waals surface area contributed by atoms with Crippen molar-refractivity contribution >= 4 is 35.9 Å². The first-order valence-corrected chi connectivity index (χ1v) is 8.72. The molecule has 2 radical (unpaired) electrons. The first kappa shape index (κ1) is 18.8. The predicted molar refractivity (Wildman–Crippen MR) is 106 cm³/mol. The summed E-state index contributed by atoms with van der Waals surface area (Å²) in [7, 11) is 5.84. The van der Waals surface area contributed by atoms with E-state index in [4.69, 9.17) is 13.6 Å². The molecule has 7 nitrogen and oxygen atoms in total. The summed E-state index contributed by atoms with van der Waals surface area (Å²) in [6.45, 7) is 4.14. The Kier molecular flexibility index (Phi) is 5.37. The Morgan fingerprint density at radius 1 is 1.30 bits per heavy atom. The van der Waals surface area contributed by atoms with Gasteiger partial charge < -0.3 is 16.2 Å². The van der Waals surface area contributed by atoms with Gasteiger partial charge >= 0.3 is 0 Å². The number of nitrogens with two attached hydrogens (primary N) is 1. The lowest BCUT2D eigenvalue weighted by molar-refractivity contribution is 0.0949. The van der Waals surface area contributed by atoms with Crippen LogP contribution in [0.3, 0.4) is 0 Å². The van der Waals surface area contributed by atoms with Gasteiger partial charge in [0.05, 0.1) is 17.5 Å². The van der Waals surface area contributed by atoms with Gasteiger partial charge in [-0.1, -0.05) is 37.3 Å². The molecular weight excluding hydrogens is 341 g/mol. The number of carbonyl (C=O) groups excluding carboxylic acids is 1. The number of aliphatic hydroxyl groups is 1. The third-order valence-corrected chi connectivity index (χ3v) is 4.24. The van der Waals surface area contributed by atoms with Gasteiger partial charge in [-0.25, -0.2) is 0 Å². The predicted octanol–water partition coefficient (Wildman–Crippen LogP) is 1.26. The van der Waals surface area contributed by atoms with E-state index < -0.39 is 6.10 Å². The van der Waals surface area contributed by atoms with Gasteiger partial charge in [-0.05, 0) is 18.9 Å². The van der Waals surface area contributed by atoms with E-state index in [2.05, 4.69) is 20.5 Å². The second kappa shape index (κ2) is 7.71. The number of pyridine rings is 1. The van der Waals surface area contributed by atoms with Crippen molar-refractivity contribution in [2.45, 2.75) is 26.4 Å². The number of carbonyl (C=O) groups is 1. The van der Waals surface area contributed by atoms with Crippen molar-refractivity contribution in [1.82, 2.24) is 20.5 Å². The molecular formula is C19H20BN5O2. The Bertz CT molecular complexity index is 1010. The minimum absolute atomic E-state index is 0.0874. The maximum Gasteiger partial charge on any atom is 0.273 e. The number of aliphatic hydroxyl groups excluding tert-OH is 1. The summed E-state index contributed by atoms with van der Waals surface area (Å²) in [6, 6.07) is 8.73. The number of rotatable bonds is 5. The van der Waals surface area contributed by atoms with Crippen LogP contribution in [0.4, 0.5) is 5.69 Å². The van der Waals surface area contributed by atoms with E-state index >= 15 is 0 Å². The average molecular weight is 361 g/mol. The Labute approximate surface area is 158 Å². The smallest absolute Gasteiger partial charge is 0.273 e. The molecule has 27 heavy (non-hydrogen) atoms. The lowest BCUT2D eigenvalue weighted by Gasteiger charge is -2.15. The molecule has 1 amide bonds. The highest BCUT2D eigenvalue weighted by Gasteiger charge is 2.19. The van der Waals surface area contributed by atoms with Gasteiger partial charge in [0.15, 0.2) is 5.69 Å². The van der Waals surface area contributed by atoms with E-state index in [-0.39, 0.29) is 17.3 Å². The standard InChI is InChI=1S/C19H20BN5O2/c1-3-9-22-19(27)18-15(21)12-5-4-6-13(17(12)24-25-18)16-11(10(2)26)7-8-14(20)23-16/h4-8,10,26H,3,9H2,1-2H3,(H2,21,24)(H,22,27). The highest BCUT2D eigenvalue weighted by Crippen LogP contribution is 2.32. The zero-order chi connectivity index (χ0) is 19.6. The zero-order valence-corrected chi connectivity index (χ0v) is 15.2. The van der Waals surface area contributed by atoms with Crippen LogP contribution in [0.15, 0.2) is 30.3 Å². The van der Waals surface area contributed by atoms with E-state index in [1.54, 1.807) is 37.3 Å². The van der Waals surface area contributed by atoms with E-state index in [0.29, 0.717) is 39.9 Å². The number of hydrogen-bond donors (Lipinski definition) is 3. The highest BCUT2D eigenvalue weighted by atomic mass is 16.3. The van der Waals surface area contributed by atoms with Crippen molar-refractivity contribution in [3.8, 4) is 11.3 Å². The molecule has 8 heteroatoms. The fourth-order valence-corrected chi connectivity index (χ4v) is 2.87. The molecule has 0 saturated carbocycles. The molecule has 1 aromatic carbocycles. The first-order valence-electron chi connectivity index (χ1n) is 8.72. The first-order chi connectivity index (χ1) is 12.9. The summed E-state index contributed by atoms with van der Waals surface area (Å²) in [6.07, 6.45) is 0.0628. The molecule has 0 spiro atoms. The third-order valence-electron chi connectivity index (χ3n) is 4.24. The fraction of sp³-hybridized carbons (Fsp3) is 0.263. The van der Waals surface area contributed by atoms with E-state index in [9.17, 15) is 9.90 Å². The summed E-state index contributed by atoms with van der Waals surface area (Å²) in [5.74, 6) is -0.360. The molecule has 1 unspecified atom stereocenters. The highest BCUT2D eigenvalue weighted by molar-refractivity contribution is 6.30. The molecule has 0 saturated heterocycles. The monoisotopic (exact) mass is 361 g/mol. The van der Waals surface area contributed by atoms with Crippen LogP contribution >= 0.6 is 0 Å². The largest absolute Gasteiger partial charge is 0.396 e. The Balaban J connectivity index is 2.19. The molecule has 2 heterocycles. The van der Waals surface area contributed by atoms with Crippen molar-refractivity contribution in [3.05, 3.63) is 41.6 Å². The number of nitrogen functional groups attached to an aromatic ring is 1. The SMILES string of the molecule is [B]c1ccc(C(C)O)c(-c2cccc3c(N)c(C(=O)NCCC)nnc23)n1. The van der Waals surface area contributed by atoms with E-state index in [1.165, 1.54) is 0 Å². The van der Waals surface area contributed by atoms with Crippen LogP contribution in [-0.4, -0.2) is 40.6 Å². The van der Waals surface area contributed by atoms with Crippen LogP contribution in [-0.2, 0) is 0 Å². The van der Waals surface area contributed by atoms with Gasteiger partial charge in [0, 0.05) is 23.1 Å². The molecule has 3 rings (SSSR count). The van der Waals surface area contributed by atoms with Crippen LogP contribution < -0.4 is 16.6 Å². The van der Waals surface area contributed by atoms with Crippen molar-refractivity contribution in [1.29, 1.82) is 0 Å². The molecule has 0 aliphatic heterocycles. The molecule has 0 aliphatic carbocycles. The van der Waals surface area contributed by atoms with Gasteiger partial charge in [-0.3, -0.25) is 9.78 Å². The van der Waals surface area contributed by atoms with Gasteiger partial charge in [-0.15, -0.1) is 10.2 Å². The minimum atomic E-state index is -0.743. The number of nitrogens with one attached hydrogen (secondary N) is 1. The second-order valence-electron chi connectivity index (χ2n) is 6.27. The van der Waals surface area contributed by atoms with Gasteiger partial charge in [0.2, 0.25) is 0 Å². The molecule has 4 N–H and O–H groups in total. The van der Waals surface area contributed by atoms with Crippen LogP contribution in [0.2, 0.25) is 0 Å². The van der Waals surface area contributed by atoms with Gasteiger partial charge in [0.1, 0.15) is 13.4 Å². The maximum absolute atomic E-state index is 12.3. The molecule has 0 fully saturated rings. The zero-order valence-electron chi connectivity index (χ0n) is 15.2. The van der Waals surface area contributed by atoms with Crippen LogP contribution in [0, 0.1) is 0 Å². The minimum Gasteiger partial charge on any atom is -0.396 e. The number of hydrogen-bond acceptors (Lipinski definition) is 6. The van der Waals surface area contributed by atoms with E-state index in [1.807, 2.05) is 6.92 Å². The molecule has 0 bridgehead atoms. The van der Waals surface area contributed by atoms with Crippen molar-refractivity contribution in [2.24, 2.45) is 0 Å². The normalized spacial score (nSPS) is 12.1. The number of anilines is 1. The summed E-state index contributed by atoms with van der Waals surface area (Å²) in [4.78, 5) is 16.6. The molecule has 3 aromatic rings. The number of nitrogens with zero attached hydrogens (tertiary/aromatic N) is 3. The molecule has 2 aromatic heterocycles. The lowest BCUT2D eigenvalue weighted by Crippen LogP contribution is -2.26. The quantitative estimate of drug-likeness (QED) is 0.590. The van der Waals surface area contributed by atoms with Gasteiger partial charge in [0.25, 0.3) is 5.91 Å². The Hall–Kier alpha value is -3.00. The Morgan fingerprint density at radius 3 is 2.78 bits per heavy atom. The summed E-state index contributed by atoms with van der Waals surface area (Å²) >= 11 is 0. The fourth-order valence-electron chi connectivity index (χ4n) is 2.87. The van der Waals surface area contributed by atoms with E-state index in [0.717, 1.165) is 6.42 Å².